The van der Waals surface area contributed by atoms with Gasteiger partial charge in [0.1, 0.15) is 18.2 Å². The van der Waals surface area contributed by atoms with Gasteiger partial charge in [0.2, 0.25) is 5.91 Å². The van der Waals surface area contributed by atoms with Crippen molar-refractivity contribution in [1.82, 2.24) is 4.90 Å². The van der Waals surface area contributed by atoms with Crippen LogP contribution in [-0.4, -0.2) is 28.5 Å². The molecule has 0 aromatic heterocycles. The zero-order chi connectivity index (χ0) is 20.9. The van der Waals surface area contributed by atoms with Gasteiger partial charge in [-0.3, -0.25) is 14.9 Å². The summed E-state index contributed by atoms with van der Waals surface area (Å²) in [4.78, 5) is 22.8. The molecule has 0 radical (unpaired) electrons. The van der Waals surface area contributed by atoms with E-state index in [1.165, 1.54) is 18.2 Å². The number of rotatable bonds is 6. The lowest BCUT2D eigenvalue weighted by molar-refractivity contribution is -0.385. The summed E-state index contributed by atoms with van der Waals surface area (Å²) in [5, 5.41) is 11.0. The highest BCUT2D eigenvalue weighted by atomic mass is 19.4. The Morgan fingerprint density at radius 1 is 1.07 bits per heavy atom. The van der Waals surface area contributed by atoms with Crippen molar-refractivity contribution in [2.75, 3.05) is 6.54 Å². The van der Waals surface area contributed by atoms with E-state index in [0.29, 0.717) is 11.0 Å². The number of nitro groups is 1. The van der Waals surface area contributed by atoms with Crippen LogP contribution in [0.1, 0.15) is 11.1 Å². The Hall–Kier alpha value is -3.30. The minimum atomic E-state index is -4.78. The standard InChI is InChI=1S/C18H13F5N2O3/c19-14-5-3-6-15(20)13(14)8-9-17(26)24(11-18(21,22)23)10-12-4-1-2-7-16(12)25(27)28/h1-9H,10-11H2/b9-8+. The maximum atomic E-state index is 13.6. The van der Waals surface area contributed by atoms with Crippen LogP contribution in [0, 0.1) is 21.7 Å². The number of hydrogen-bond acceptors (Lipinski definition) is 3. The monoisotopic (exact) mass is 400 g/mol. The lowest BCUT2D eigenvalue weighted by Gasteiger charge is -2.22. The average molecular weight is 400 g/mol. The molecular formula is C18H13F5N2O3. The van der Waals surface area contributed by atoms with E-state index in [1.54, 1.807) is 0 Å². The molecule has 0 N–H and O–H groups in total. The van der Waals surface area contributed by atoms with Gasteiger partial charge in [-0.2, -0.15) is 13.2 Å². The highest BCUT2D eigenvalue weighted by Crippen LogP contribution is 2.23. The van der Waals surface area contributed by atoms with E-state index in [9.17, 15) is 36.9 Å². The fourth-order valence-corrected chi connectivity index (χ4v) is 2.39. The largest absolute Gasteiger partial charge is 0.406 e. The second-order valence-corrected chi connectivity index (χ2v) is 5.66. The molecule has 5 nitrogen and oxygen atoms in total. The zero-order valence-corrected chi connectivity index (χ0v) is 14.1. The van der Waals surface area contributed by atoms with E-state index < -0.39 is 53.0 Å². The molecule has 0 saturated carbocycles. The Morgan fingerprint density at radius 2 is 1.68 bits per heavy atom. The van der Waals surface area contributed by atoms with Gasteiger partial charge in [0.05, 0.1) is 11.5 Å². The topological polar surface area (TPSA) is 63.5 Å². The van der Waals surface area contributed by atoms with Crippen molar-refractivity contribution in [2.45, 2.75) is 12.7 Å². The first-order valence-electron chi connectivity index (χ1n) is 7.78. The van der Waals surface area contributed by atoms with E-state index in [0.717, 1.165) is 30.3 Å². The molecule has 0 bridgehead atoms. The summed E-state index contributed by atoms with van der Waals surface area (Å²) in [6.07, 6.45) is -3.48. The summed E-state index contributed by atoms with van der Waals surface area (Å²) < 4.78 is 65.7. The SMILES string of the molecule is O=C(/C=C/c1c(F)cccc1F)N(Cc1ccccc1[N+](=O)[O-])CC(F)(F)F. The summed E-state index contributed by atoms with van der Waals surface area (Å²) in [6, 6.07) is 7.96. The third-order valence-electron chi connectivity index (χ3n) is 3.62. The van der Waals surface area contributed by atoms with Crippen molar-refractivity contribution in [3.8, 4) is 0 Å². The van der Waals surface area contributed by atoms with E-state index in [-0.39, 0.29) is 5.56 Å². The van der Waals surface area contributed by atoms with Crippen LogP contribution in [0.5, 0.6) is 0 Å². The molecule has 10 heteroatoms. The van der Waals surface area contributed by atoms with Crippen LogP contribution in [0.4, 0.5) is 27.6 Å². The van der Waals surface area contributed by atoms with Crippen LogP contribution in [0.3, 0.4) is 0 Å². The van der Waals surface area contributed by atoms with Crippen molar-refractivity contribution < 1.29 is 31.7 Å². The molecule has 0 spiro atoms. The first kappa shape index (κ1) is 21.0. The lowest BCUT2D eigenvalue weighted by atomic mass is 10.1. The fraction of sp³-hybridized carbons (Fsp3) is 0.167. The number of hydrogen-bond donors (Lipinski definition) is 0. The molecule has 0 unspecified atom stereocenters. The van der Waals surface area contributed by atoms with Crippen LogP contribution in [0.15, 0.2) is 48.5 Å². The summed E-state index contributed by atoms with van der Waals surface area (Å²) in [6.45, 7) is -2.40. The van der Waals surface area contributed by atoms with Crippen molar-refractivity contribution in [2.24, 2.45) is 0 Å². The summed E-state index contributed by atoms with van der Waals surface area (Å²) in [5.41, 5.74) is -1.16. The van der Waals surface area contributed by atoms with Gasteiger partial charge in [-0.1, -0.05) is 24.3 Å². The molecule has 148 valence electrons. The zero-order valence-electron chi connectivity index (χ0n) is 14.1. The van der Waals surface area contributed by atoms with Gasteiger partial charge < -0.3 is 4.90 Å². The Labute approximate surface area is 155 Å². The van der Waals surface area contributed by atoms with E-state index in [2.05, 4.69) is 0 Å². The number of nitro benzene ring substituents is 1. The van der Waals surface area contributed by atoms with Gasteiger partial charge in [-0.15, -0.1) is 0 Å². The molecule has 0 heterocycles. The summed E-state index contributed by atoms with van der Waals surface area (Å²) in [7, 11) is 0. The highest BCUT2D eigenvalue weighted by Gasteiger charge is 2.33. The van der Waals surface area contributed by atoms with E-state index in [4.69, 9.17) is 0 Å². The molecule has 0 aliphatic carbocycles. The third kappa shape index (κ3) is 5.60. The smallest absolute Gasteiger partial charge is 0.325 e. The highest BCUT2D eigenvalue weighted by molar-refractivity contribution is 5.92. The number of benzene rings is 2. The molecule has 2 aromatic carbocycles. The van der Waals surface area contributed by atoms with Crippen molar-refractivity contribution in [3.05, 3.63) is 81.4 Å². The van der Waals surface area contributed by atoms with E-state index >= 15 is 0 Å². The van der Waals surface area contributed by atoms with Gasteiger partial charge in [0.15, 0.2) is 0 Å². The number of carbonyl (C=O) groups is 1. The minimum Gasteiger partial charge on any atom is -0.325 e. The molecular weight excluding hydrogens is 387 g/mol. The first-order chi connectivity index (χ1) is 13.1. The van der Waals surface area contributed by atoms with Crippen LogP contribution in [0.2, 0.25) is 0 Å². The number of halogens is 5. The molecule has 0 atom stereocenters. The Balaban J connectivity index is 2.32. The molecule has 1 amide bonds. The molecule has 0 fully saturated rings. The predicted molar refractivity (Wildman–Crippen MR) is 90.0 cm³/mol. The Kier molecular flexibility index (Phi) is 6.45. The maximum Gasteiger partial charge on any atom is 0.406 e. The second-order valence-electron chi connectivity index (χ2n) is 5.66. The summed E-state index contributed by atoms with van der Waals surface area (Å²) in [5.74, 6) is -3.20. The maximum absolute atomic E-state index is 13.6. The third-order valence-corrected chi connectivity index (χ3v) is 3.62. The molecule has 2 aromatic rings. The molecule has 0 aliphatic rings. The van der Waals surface area contributed by atoms with Crippen LogP contribution in [-0.2, 0) is 11.3 Å². The second kappa shape index (κ2) is 8.59. The van der Waals surface area contributed by atoms with Gasteiger partial charge in [-0.05, 0) is 18.2 Å². The van der Waals surface area contributed by atoms with Crippen molar-refractivity contribution in [3.63, 3.8) is 0 Å². The van der Waals surface area contributed by atoms with Gasteiger partial charge in [0, 0.05) is 23.3 Å². The molecule has 28 heavy (non-hydrogen) atoms. The van der Waals surface area contributed by atoms with Crippen molar-refractivity contribution >= 4 is 17.7 Å². The fourth-order valence-electron chi connectivity index (χ4n) is 2.39. The van der Waals surface area contributed by atoms with Gasteiger partial charge >= 0.3 is 6.18 Å². The van der Waals surface area contributed by atoms with Gasteiger partial charge in [0.25, 0.3) is 5.69 Å². The van der Waals surface area contributed by atoms with Crippen LogP contribution < -0.4 is 0 Å². The lowest BCUT2D eigenvalue weighted by Crippen LogP contribution is -2.37. The number of alkyl halides is 3. The molecule has 2 rings (SSSR count). The van der Waals surface area contributed by atoms with Crippen LogP contribution in [0.25, 0.3) is 6.08 Å². The quantitative estimate of drug-likeness (QED) is 0.311. The first-order valence-corrected chi connectivity index (χ1v) is 7.78. The molecule has 0 aliphatic heterocycles. The van der Waals surface area contributed by atoms with E-state index in [1.807, 2.05) is 0 Å². The Morgan fingerprint density at radius 3 is 2.25 bits per heavy atom. The molecule has 0 saturated heterocycles. The predicted octanol–water partition coefficient (Wildman–Crippen LogP) is 4.48. The number of amides is 1. The number of para-hydroxylation sites is 1. The van der Waals surface area contributed by atoms with Crippen molar-refractivity contribution in [1.29, 1.82) is 0 Å². The minimum absolute atomic E-state index is 0.115. The summed E-state index contributed by atoms with van der Waals surface area (Å²) >= 11 is 0. The van der Waals surface area contributed by atoms with Gasteiger partial charge in [-0.25, -0.2) is 8.78 Å². The normalized spacial score (nSPS) is 11.6. The van der Waals surface area contributed by atoms with Crippen LogP contribution >= 0.6 is 0 Å². The number of carbonyl (C=O) groups excluding carboxylic acids is 1. The average Bonchev–Trinajstić information content (AvgIpc) is 2.59. The number of nitrogens with zero attached hydrogens (tertiary/aromatic N) is 2. The Bertz CT molecular complexity index is 892.